The molecule has 0 aromatic rings. The quantitative estimate of drug-likeness (QED) is 0.0805. The minimum absolute atomic E-state index is 0.310. The molecule has 32 heteroatoms. The zero-order valence-electron chi connectivity index (χ0n) is 44.5. The van der Waals surface area contributed by atoms with Crippen LogP contribution >= 0.6 is 0 Å². The van der Waals surface area contributed by atoms with Gasteiger partial charge in [0.15, 0.2) is 0 Å². The second-order valence-electron chi connectivity index (χ2n) is 14.8. The first kappa shape index (κ1) is 68.9. The molecule has 400 valence electrons. The molecule has 0 aliphatic carbocycles. The van der Waals surface area contributed by atoms with Crippen molar-refractivity contribution in [3.05, 3.63) is 0 Å². The SMILES string of the molecule is CO[Si](CC(C[Si](OC)(OC)OC)(C[Si](OC)(OC)OC)C[Si](OC)(OC)OC)(OC)OC.CO[Si](CC(C[Si](OC)(OC)OC)(C[Si](OC)(OC)OC)C[Si](OC)(OC)OC)(OC)OC. The zero-order valence-corrected chi connectivity index (χ0v) is 52.5. The van der Waals surface area contributed by atoms with E-state index in [0.717, 1.165) is 0 Å². The van der Waals surface area contributed by atoms with Crippen molar-refractivity contribution in [2.75, 3.05) is 171 Å². The van der Waals surface area contributed by atoms with Crippen LogP contribution in [0.15, 0.2) is 0 Å². The van der Waals surface area contributed by atoms with Crippen molar-refractivity contribution in [1.29, 1.82) is 0 Å². The molecule has 0 aromatic carbocycles. The van der Waals surface area contributed by atoms with Crippen molar-refractivity contribution >= 4 is 70.4 Å². The van der Waals surface area contributed by atoms with E-state index < -0.39 is 81.3 Å². The lowest BCUT2D eigenvalue weighted by molar-refractivity contribution is 0.0653. The molecule has 66 heavy (non-hydrogen) atoms. The van der Waals surface area contributed by atoms with Gasteiger partial charge in [-0.1, -0.05) is 0 Å². The van der Waals surface area contributed by atoms with Crippen molar-refractivity contribution < 1.29 is 106 Å². The monoisotopic (exact) mass is 1100 g/mol. The predicted molar refractivity (Wildman–Crippen MR) is 258 cm³/mol. The summed E-state index contributed by atoms with van der Waals surface area (Å²) in [7, 11) is 11.7. The fourth-order valence-corrected chi connectivity index (χ4v) is 29.0. The van der Waals surface area contributed by atoms with Gasteiger partial charge in [-0.2, -0.15) is 0 Å². The Morgan fingerprint density at radius 3 is 0.258 bits per heavy atom. The molecule has 0 spiro atoms. The molecule has 0 N–H and O–H groups in total. The van der Waals surface area contributed by atoms with E-state index >= 15 is 0 Å². The highest BCUT2D eigenvalue weighted by Crippen LogP contribution is 2.52. The van der Waals surface area contributed by atoms with E-state index in [1.54, 1.807) is 171 Å². The third-order valence-electron chi connectivity index (χ3n) is 12.2. The molecular weight excluding hydrogens is 1020 g/mol. The lowest BCUT2D eigenvalue weighted by Crippen LogP contribution is -2.59. The fourth-order valence-electron chi connectivity index (χ4n) is 8.16. The van der Waals surface area contributed by atoms with Crippen LogP contribution in [-0.4, -0.2) is 241 Å². The number of hydrogen-bond donors (Lipinski definition) is 0. The molecule has 0 rings (SSSR count). The van der Waals surface area contributed by atoms with Crippen molar-refractivity contribution in [3.63, 3.8) is 0 Å². The van der Waals surface area contributed by atoms with Gasteiger partial charge in [0.25, 0.3) is 0 Å². The van der Waals surface area contributed by atoms with Crippen molar-refractivity contribution in [2.24, 2.45) is 10.8 Å². The summed E-state index contributed by atoms with van der Waals surface area (Å²) in [6.07, 6.45) is 0. The summed E-state index contributed by atoms with van der Waals surface area (Å²) in [5.74, 6) is 0. The highest BCUT2D eigenvalue weighted by atomic mass is 28.4. The minimum atomic E-state index is -3.20. The van der Waals surface area contributed by atoms with E-state index in [0.29, 0.717) is 48.4 Å². The third kappa shape index (κ3) is 18.1. The molecule has 0 radical (unpaired) electrons. The summed E-state index contributed by atoms with van der Waals surface area (Å²) < 4.78 is 139. The van der Waals surface area contributed by atoms with Crippen LogP contribution in [0.1, 0.15) is 0 Å². The average Bonchev–Trinajstić information content (AvgIpc) is 3.38. The van der Waals surface area contributed by atoms with E-state index in [4.69, 9.17) is 106 Å². The summed E-state index contributed by atoms with van der Waals surface area (Å²) in [6.45, 7) is 0. The van der Waals surface area contributed by atoms with Gasteiger partial charge in [-0.3, -0.25) is 0 Å². The summed E-state index contributed by atoms with van der Waals surface area (Å²) in [5, 5.41) is 0. The van der Waals surface area contributed by atoms with E-state index in [1.165, 1.54) is 0 Å². The van der Waals surface area contributed by atoms with Crippen LogP contribution in [0.4, 0.5) is 0 Å². The van der Waals surface area contributed by atoms with Crippen molar-refractivity contribution in [1.82, 2.24) is 0 Å². The van der Waals surface area contributed by atoms with Gasteiger partial charge in [-0.25, -0.2) is 0 Å². The van der Waals surface area contributed by atoms with Crippen LogP contribution in [0.3, 0.4) is 0 Å². The van der Waals surface area contributed by atoms with E-state index in [2.05, 4.69) is 0 Å². The van der Waals surface area contributed by atoms with E-state index in [9.17, 15) is 0 Å². The maximum Gasteiger partial charge on any atom is 0.500 e. The molecule has 0 aromatic heterocycles. The van der Waals surface area contributed by atoms with Gasteiger partial charge in [0.05, 0.1) is 0 Å². The number of rotatable bonds is 40. The Morgan fingerprint density at radius 2 is 0.212 bits per heavy atom. The van der Waals surface area contributed by atoms with E-state index in [-0.39, 0.29) is 0 Å². The standard InChI is InChI=1S/2C17H44O12Si4/c2*1-18-30(19-2,20-3)13-17(14-31(21-4,22-5)23-6,15-32(24-7,25-8)26-9)16-33(27-10,28-11)29-12/h2*13-16H2,1-12H3. The van der Waals surface area contributed by atoms with Crippen LogP contribution in [-0.2, 0) is 106 Å². The molecule has 0 atom stereocenters. The molecule has 0 aliphatic heterocycles. The lowest BCUT2D eigenvalue weighted by Gasteiger charge is -2.46. The summed E-state index contributed by atoms with van der Waals surface area (Å²) in [4.78, 5) is 0. The molecule has 0 fully saturated rings. The molecule has 0 saturated carbocycles. The van der Waals surface area contributed by atoms with Crippen molar-refractivity contribution in [3.8, 4) is 0 Å². The molecule has 24 nitrogen and oxygen atoms in total. The Hall–Kier alpha value is 0.775. The zero-order chi connectivity index (χ0) is 51.6. The topological polar surface area (TPSA) is 222 Å². The van der Waals surface area contributed by atoms with E-state index in [1.807, 2.05) is 0 Å². The van der Waals surface area contributed by atoms with Crippen LogP contribution < -0.4 is 0 Å². The van der Waals surface area contributed by atoms with Crippen LogP contribution in [0.5, 0.6) is 0 Å². The largest absolute Gasteiger partial charge is 0.500 e. The normalized spacial score (nSPS) is 14.2. The van der Waals surface area contributed by atoms with Gasteiger partial charge in [0.1, 0.15) is 0 Å². The van der Waals surface area contributed by atoms with Crippen LogP contribution in [0.25, 0.3) is 0 Å². The smallest absolute Gasteiger partial charge is 0.377 e. The second kappa shape index (κ2) is 32.1. The molecule has 0 aliphatic rings. The minimum Gasteiger partial charge on any atom is -0.377 e. The first-order valence-electron chi connectivity index (χ1n) is 20.4. The molecule has 0 unspecified atom stereocenters. The predicted octanol–water partition coefficient (Wildman–Crippen LogP) is 2.97. The molecule has 0 saturated heterocycles. The summed E-state index contributed by atoms with van der Waals surface area (Å²) >= 11 is 0. The first-order chi connectivity index (χ1) is 31.1. The molecular formula is C34H88O24Si8. The molecule has 0 amide bonds. The first-order valence-corrected chi connectivity index (χ1v) is 35.8. The van der Waals surface area contributed by atoms with Crippen LogP contribution in [0.2, 0.25) is 48.4 Å². The van der Waals surface area contributed by atoms with Gasteiger partial charge >= 0.3 is 70.4 Å². The van der Waals surface area contributed by atoms with Gasteiger partial charge < -0.3 is 106 Å². The fraction of sp³-hybridized carbons (Fsp3) is 1.00. The number of hydrogen-bond acceptors (Lipinski definition) is 24. The average molecular weight is 1110 g/mol. The highest BCUT2D eigenvalue weighted by molar-refractivity contribution is 6.68. The Kier molecular flexibility index (Phi) is 33.4. The maximum absolute atomic E-state index is 5.81. The lowest BCUT2D eigenvalue weighted by atomic mass is 9.98. The van der Waals surface area contributed by atoms with Crippen molar-refractivity contribution in [2.45, 2.75) is 48.4 Å². The molecule has 0 bridgehead atoms. The maximum atomic E-state index is 5.81. The Bertz CT molecular complexity index is 895. The second-order valence-corrected chi connectivity index (χ2v) is 38.3. The third-order valence-corrected chi connectivity index (χ3v) is 36.6. The van der Waals surface area contributed by atoms with Crippen LogP contribution in [0, 0.1) is 10.8 Å². The van der Waals surface area contributed by atoms with Gasteiger partial charge in [-0.05, 0) is 10.8 Å². The van der Waals surface area contributed by atoms with Gasteiger partial charge in [-0.15, -0.1) is 0 Å². The Balaban J connectivity index is 0. The van der Waals surface area contributed by atoms with Gasteiger partial charge in [0, 0.05) is 219 Å². The Labute approximate surface area is 405 Å². The Morgan fingerprint density at radius 1 is 0.152 bits per heavy atom. The highest BCUT2D eigenvalue weighted by Gasteiger charge is 2.64. The summed E-state index contributed by atoms with van der Waals surface area (Å²) in [5.41, 5.74) is -1.60. The molecule has 0 heterocycles. The van der Waals surface area contributed by atoms with Gasteiger partial charge in [0.2, 0.25) is 0 Å². The summed E-state index contributed by atoms with van der Waals surface area (Å²) in [6, 6.07) is 2.48.